The number of amides is 1. The van der Waals surface area contributed by atoms with Crippen molar-refractivity contribution in [3.63, 3.8) is 0 Å². The number of carbonyl (C=O) groups excluding carboxylic acids is 2. The van der Waals surface area contributed by atoms with Crippen LogP contribution >= 0.6 is 0 Å². The predicted octanol–water partition coefficient (Wildman–Crippen LogP) is 3.62. The number of hydrogen-bond donors (Lipinski definition) is 1. The monoisotopic (exact) mass is 401 g/mol. The van der Waals surface area contributed by atoms with E-state index in [2.05, 4.69) is 4.98 Å². The second-order valence-corrected chi connectivity index (χ2v) is 6.57. The van der Waals surface area contributed by atoms with Crippen LogP contribution in [0.2, 0.25) is 0 Å². The van der Waals surface area contributed by atoms with E-state index in [0.29, 0.717) is 11.1 Å². The highest BCUT2D eigenvalue weighted by Crippen LogP contribution is 2.41. The zero-order chi connectivity index (χ0) is 21.3. The molecule has 2 aromatic carbocycles. The van der Waals surface area contributed by atoms with Crippen LogP contribution in [0.5, 0.6) is 0 Å². The average Bonchev–Trinajstić information content (AvgIpc) is 3.05. The number of nitro groups is 1. The Balaban J connectivity index is 1.93. The lowest BCUT2D eigenvalue weighted by molar-refractivity contribution is -0.384. The highest BCUT2D eigenvalue weighted by atomic mass is 16.6. The number of pyridine rings is 1. The number of nitrogens with zero attached hydrogens (tertiary/aromatic N) is 3. The van der Waals surface area contributed by atoms with Crippen molar-refractivity contribution < 1.29 is 19.6 Å². The van der Waals surface area contributed by atoms with Gasteiger partial charge in [-0.3, -0.25) is 24.6 Å². The lowest BCUT2D eigenvalue weighted by Gasteiger charge is -2.24. The van der Waals surface area contributed by atoms with Crippen molar-refractivity contribution in [3.05, 3.63) is 106 Å². The molecule has 1 aliphatic rings. The highest BCUT2D eigenvalue weighted by Gasteiger charge is 2.47. The summed E-state index contributed by atoms with van der Waals surface area (Å²) >= 11 is 0. The molecule has 1 fully saturated rings. The minimum atomic E-state index is -0.985. The Morgan fingerprint density at radius 3 is 2.23 bits per heavy atom. The van der Waals surface area contributed by atoms with E-state index < -0.39 is 22.7 Å². The number of aromatic nitrogens is 1. The van der Waals surface area contributed by atoms with E-state index in [0.717, 1.165) is 0 Å². The third-order valence-corrected chi connectivity index (χ3v) is 4.81. The van der Waals surface area contributed by atoms with Gasteiger partial charge >= 0.3 is 5.91 Å². The van der Waals surface area contributed by atoms with Gasteiger partial charge in [-0.1, -0.05) is 36.4 Å². The zero-order valence-corrected chi connectivity index (χ0v) is 15.5. The van der Waals surface area contributed by atoms with Crippen molar-refractivity contribution in [1.29, 1.82) is 0 Å². The molecule has 0 radical (unpaired) electrons. The fourth-order valence-electron chi connectivity index (χ4n) is 3.41. The number of hydrogen-bond acceptors (Lipinski definition) is 6. The molecule has 148 valence electrons. The summed E-state index contributed by atoms with van der Waals surface area (Å²) in [6.07, 6.45) is 1.48. The van der Waals surface area contributed by atoms with Gasteiger partial charge in [-0.05, 0) is 29.8 Å². The Bertz CT molecular complexity index is 1160. The lowest BCUT2D eigenvalue weighted by Crippen LogP contribution is -2.30. The molecule has 2 heterocycles. The van der Waals surface area contributed by atoms with Gasteiger partial charge in [0.2, 0.25) is 0 Å². The minimum Gasteiger partial charge on any atom is -0.507 e. The Morgan fingerprint density at radius 2 is 1.63 bits per heavy atom. The number of aliphatic hydroxyl groups excluding tert-OH is 1. The third kappa shape index (κ3) is 3.20. The standard InChI is InChI=1S/C22H15N3O5/c26-20(15-6-2-1-3-7-15)18-19(14-9-11-16(12-10-14)25(29)30)24(22(28)21(18)27)17-8-4-5-13-23-17/h1-13,19,26H/b20-18+/t19-/m0/s1. The van der Waals surface area contributed by atoms with Gasteiger partial charge in [0.15, 0.2) is 0 Å². The SMILES string of the molecule is O=C1C(=O)N(c2ccccn2)[C@@H](c2ccc([N+](=O)[O-])cc2)/C1=C(\O)c1ccccc1. The number of benzene rings is 2. The summed E-state index contributed by atoms with van der Waals surface area (Å²) in [5.74, 6) is -1.79. The van der Waals surface area contributed by atoms with Crippen LogP contribution in [0.25, 0.3) is 5.76 Å². The number of non-ortho nitro benzene ring substituents is 1. The molecule has 0 saturated carbocycles. The van der Waals surface area contributed by atoms with Gasteiger partial charge in [-0.15, -0.1) is 0 Å². The quantitative estimate of drug-likeness (QED) is 0.235. The number of rotatable bonds is 4. The zero-order valence-electron chi connectivity index (χ0n) is 15.5. The van der Waals surface area contributed by atoms with Crippen LogP contribution < -0.4 is 4.90 Å². The molecular formula is C22H15N3O5. The largest absolute Gasteiger partial charge is 0.507 e. The van der Waals surface area contributed by atoms with E-state index in [1.165, 1.54) is 35.4 Å². The third-order valence-electron chi connectivity index (χ3n) is 4.81. The summed E-state index contributed by atoms with van der Waals surface area (Å²) in [6.45, 7) is 0. The molecule has 0 spiro atoms. The van der Waals surface area contributed by atoms with Crippen LogP contribution in [-0.2, 0) is 9.59 Å². The number of ketones is 1. The fourth-order valence-corrected chi connectivity index (χ4v) is 3.41. The number of aliphatic hydroxyl groups is 1. The predicted molar refractivity (Wildman–Crippen MR) is 109 cm³/mol. The van der Waals surface area contributed by atoms with Crippen LogP contribution in [0.4, 0.5) is 11.5 Å². The van der Waals surface area contributed by atoms with Crippen molar-refractivity contribution in [2.45, 2.75) is 6.04 Å². The van der Waals surface area contributed by atoms with Gasteiger partial charge in [0, 0.05) is 23.9 Å². The maximum Gasteiger partial charge on any atom is 0.301 e. The minimum absolute atomic E-state index is 0.106. The average molecular weight is 401 g/mol. The van der Waals surface area contributed by atoms with E-state index in [9.17, 15) is 24.8 Å². The first-order valence-electron chi connectivity index (χ1n) is 9.01. The lowest BCUT2D eigenvalue weighted by atomic mass is 9.95. The summed E-state index contributed by atoms with van der Waals surface area (Å²) in [4.78, 5) is 41.6. The van der Waals surface area contributed by atoms with Crippen molar-refractivity contribution in [2.75, 3.05) is 4.90 Å². The van der Waals surface area contributed by atoms with Crippen molar-refractivity contribution in [1.82, 2.24) is 4.98 Å². The van der Waals surface area contributed by atoms with Gasteiger partial charge in [-0.2, -0.15) is 0 Å². The van der Waals surface area contributed by atoms with Gasteiger partial charge in [0.1, 0.15) is 11.6 Å². The summed E-state index contributed by atoms with van der Waals surface area (Å²) < 4.78 is 0. The molecular weight excluding hydrogens is 386 g/mol. The fraction of sp³-hybridized carbons (Fsp3) is 0.0455. The summed E-state index contributed by atoms with van der Waals surface area (Å²) in [7, 11) is 0. The molecule has 1 amide bonds. The van der Waals surface area contributed by atoms with Crippen LogP contribution in [0, 0.1) is 10.1 Å². The van der Waals surface area contributed by atoms with E-state index in [1.54, 1.807) is 48.5 Å². The molecule has 8 nitrogen and oxygen atoms in total. The molecule has 1 atom stereocenters. The first-order valence-corrected chi connectivity index (χ1v) is 9.01. The topological polar surface area (TPSA) is 114 Å². The Labute approximate surface area is 170 Å². The molecule has 3 aromatic rings. The molecule has 0 aliphatic carbocycles. The number of anilines is 1. The molecule has 0 unspecified atom stereocenters. The van der Waals surface area contributed by atoms with Crippen molar-refractivity contribution in [3.8, 4) is 0 Å². The molecule has 1 aromatic heterocycles. The Kier molecular flexibility index (Phi) is 4.81. The first kappa shape index (κ1) is 19.0. The van der Waals surface area contributed by atoms with Crippen molar-refractivity contribution in [2.24, 2.45) is 0 Å². The van der Waals surface area contributed by atoms with Crippen LogP contribution in [0.15, 0.2) is 84.6 Å². The second kappa shape index (κ2) is 7.59. The molecule has 1 aliphatic heterocycles. The van der Waals surface area contributed by atoms with Gasteiger partial charge in [0.25, 0.3) is 11.5 Å². The van der Waals surface area contributed by atoms with Crippen LogP contribution in [0.3, 0.4) is 0 Å². The van der Waals surface area contributed by atoms with E-state index in [-0.39, 0.29) is 22.8 Å². The Morgan fingerprint density at radius 1 is 0.967 bits per heavy atom. The maximum atomic E-state index is 12.9. The summed E-state index contributed by atoms with van der Waals surface area (Å²) in [5, 5.41) is 21.9. The van der Waals surface area contributed by atoms with Crippen LogP contribution in [0.1, 0.15) is 17.2 Å². The smallest absolute Gasteiger partial charge is 0.301 e. The Hall–Kier alpha value is -4.33. The normalized spacial score (nSPS) is 17.9. The summed E-state index contributed by atoms with van der Waals surface area (Å²) in [6, 6.07) is 17.8. The summed E-state index contributed by atoms with van der Waals surface area (Å²) in [5.41, 5.74) is 0.577. The molecule has 0 bridgehead atoms. The van der Waals surface area contributed by atoms with Gasteiger partial charge in [-0.25, -0.2) is 4.98 Å². The van der Waals surface area contributed by atoms with Crippen LogP contribution in [-0.4, -0.2) is 26.7 Å². The first-order chi connectivity index (χ1) is 14.5. The van der Waals surface area contributed by atoms with E-state index in [1.807, 2.05) is 0 Å². The maximum absolute atomic E-state index is 12.9. The molecule has 4 rings (SSSR count). The molecule has 1 saturated heterocycles. The highest BCUT2D eigenvalue weighted by molar-refractivity contribution is 6.51. The number of nitro benzene ring substituents is 1. The van der Waals surface area contributed by atoms with E-state index in [4.69, 9.17) is 0 Å². The second-order valence-electron chi connectivity index (χ2n) is 6.57. The number of carbonyl (C=O) groups is 2. The number of Topliss-reactive ketones (excluding diaryl/α,β-unsaturated/α-hetero) is 1. The van der Waals surface area contributed by atoms with Gasteiger partial charge in [0.05, 0.1) is 16.5 Å². The van der Waals surface area contributed by atoms with Gasteiger partial charge < -0.3 is 5.11 Å². The molecule has 1 N–H and O–H groups in total. The molecule has 30 heavy (non-hydrogen) atoms. The van der Waals surface area contributed by atoms with Crippen molar-refractivity contribution >= 4 is 29.0 Å². The molecule has 8 heteroatoms. The van der Waals surface area contributed by atoms with E-state index >= 15 is 0 Å².